The zero-order valence-corrected chi connectivity index (χ0v) is 18.0. The van der Waals surface area contributed by atoms with E-state index in [1.165, 1.54) is 5.56 Å². The van der Waals surface area contributed by atoms with Crippen molar-refractivity contribution in [2.45, 2.75) is 63.7 Å². The van der Waals surface area contributed by atoms with Crippen LogP contribution in [0.25, 0.3) is 0 Å². The van der Waals surface area contributed by atoms with E-state index in [9.17, 15) is 0 Å². The van der Waals surface area contributed by atoms with Gasteiger partial charge in [0.05, 0.1) is 38.9 Å². The zero-order valence-electron chi connectivity index (χ0n) is 18.0. The van der Waals surface area contributed by atoms with E-state index in [1.54, 1.807) is 7.11 Å². The van der Waals surface area contributed by atoms with E-state index >= 15 is 0 Å². The van der Waals surface area contributed by atoms with Crippen LogP contribution in [0.2, 0.25) is 0 Å². The summed E-state index contributed by atoms with van der Waals surface area (Å²) < 4.78 is 24.3. The fourth-order valence-electron chi connectivity index (χ4n) is 4.79. The summed E-state index contributed by atoms with van der Waals surface area (Å²) in [6, 6.07) is 2.11. The lowest BCUT2D eigenvalue weighted by molar-refractivity contribution is -0.914. The molecule has 1 saturated heterocycles. The average Bonchev–Trinajstić information content (AvgIpc) is 3.05. The number of hydrogen-bond acceptors (Lipinski definition) is 4. The van der Waals surface area contributed by atoms with Crippen LogP contribution in [0, 0.1) is 11.8 Å². The molecule has 5 heteroatoms. The Kier molecular flexibility index (Phi) is 4.56. The number of likely N-dealkylation sites (N-methyl/N-ethyl adjacent to an activating group) is 1. The van der Waals surface area contributed by atoms with Gasteiger partial charge in [-0.3, -0.25) is 0 Å². The quantitative estimate of drug-likeness (QED) is 0.543. The van der Waals surface area contributed by atoms with Gasteiger partial charge in [-0.15, -0.1) is 0 Å². The standard InChI is InChI=1S/C23H32NO4/c1-22(2)10-7-11-23(3,28-22)12-8-17-19-16(9-13-24(17,4)5)14-18-20(21(19)25-6)27-15-26-18/h14,17H,7,9-11,13,15H2,1-6H3/q+1/t17-,23+/m1/s1. The van der Waals surface area contributed by atoms with Crippen LogP contribution in [0.5, 0.6) is 17.2 Å². The van der Waals surface area contributed by atoms with E-state index in [-0.39, 0.29) is 18.4 Å². The second-order valence-corrected chi connectivity index (χ2v) is 9.59. The van der Waals surface area contributed by atoms with Gasteiger partial charge in [-0.2, -0.15) is 0 Å². The SMILES string of the molecule is COc1c2c(cc3c1[C@@H](C#C[C@]1(C)CCCC(C)(C)O1)[N+](C)(C)CC3)OCO2. The lowest BCUT2D eigenvalue weighted by atomic mass is 9.86. The van der Waals surface area contributed by atoms with Crippen molar-refractivity contribution in [2.75, 3.05) is 34.5 Å². The van der Waals surface area contributed by atoms with Gasteiger partial charge in [-0.25, -0.2) is 0 Å². The molecule has 0 saturated carbocycles. The van der Waals surface area contributed by atoms with Crippen molar-refractivity contribution in [3.63, 3.8) is 0 Å². The summed E-state index contributed by atoms with van der Waals surface area (Å²) in [6.45, 7) is 7.70. The molecule has 28 heavy (non-hydrogen) atoms. The van der Waals surface area contributed by atoms with Gasteiger partial charge in [-0.05, 0) is 57.6 Å². The lowest BCUT2D eigenvalue weighted by Gasteiger charge is -2.42. The lowest BCUT2D eigenvalue weighted by Crippen LogP contribution is -2.48. The van der Waals surface area contributed by atoms with Crippen molar-refractivity contribution in [3.8, 4) is 29.1 Å². The topological polar surface area (TPSA) is 36.9 Å². The molecule has 0 unspecified atom stereocenters. The highest BCUT2D eigenvalue weighted by Gasteiger charge is 2.41. The van der Waals surface area contributed by atoms with Crippen molar-refractivity contribution in [1.82, 2.24) is 0 Å². The Hall–Kier alpha value is -1.90. The van der Waals surface area contributed by atoms with Crippen LogP contribution in [0.15, 0.2) is 6.07 Å². The van der Waals surface area contributed by atoms with Gasteiger partial charge in [0.1, 0.15) is 5.60 Å². The maximum Gasteiger partial charge on any atom is 0.231 e. The fraction of sp³-hybridized carbons (Fsp3) is 0.652. The summed E-state index contributed by atoms with van der Waals surface area (Å²) in [7, 11) is 6.17. The molecule has 2 atom stereocenters. The third-order valence-electron chi connectivity index (χ3n) is 6.29. The predicted molar refractivity (Wildman–Crippen MR) is 108 cm³/mol. The molecule has 3 heterocycles. The first-order valence-electron chi connectivity index (χ1n) is 10.2. The zero-order chi connectivity index (χ0) is 20.2. The Morgan fingerprint density at radius 1 is 1.18 bits per heavy atom. The van der Waals surface area contributed by atoms with Crippen LogP contribution in [0.3, 0.4) is 0 Å². The monoisotopic (exact) mass is 386 g/mol. The highest BCUT2D eigenvalue weighted by Crippen LogP contribution is 2.50. The number of fused-ring (bicyclic) bond motifs is 2. The number of rotatable bonds is 1. The first-order valence-corrected chi connectivity index (χ1v) is 10.2. The molecule has 152 valence electrons. The van der Waals surface area contributed by atoms with E-state index in [0.29, 0.717) is 5.75 Å². The minimum atomic E-state index is -0.414. The maximum absolute atomic E-state index is 6.38. The molecule has 1 aromatic carbocycles. The molecular weight excluding hydrogens is 354 g/mol. The minimum absolute atomic E-state index is 0.00124. The number of hydrogen-bond donors (Lipinski definition) is 0. The molecule has 0 bridgehead atoms. The van der Waals surface area contributed by atoms with Gasteiger partial charge in [0.25, 0.3) is 0 Å². The molecule has 1 aromatic rings. The summed E-state index contributed by atoms with van der Waals surface area (Å²) in [4.78, 5) is 0. The van der Waals surface area contributed by atoms with Crippen molar-refractivity contribution in [1.29, 1.82) is 0 Å². The van der Waals surface area contributed by atoms with Crippen molar-refractivity contribution in [3.05, 3.63) is 17.2 Å². The Morgan fingerprint density at radius 3 is 2.68 bits per heavy atom. The smallest absolute Gasteiger partial charge is 0.231 e. The van der Waals surface area contributed by atoms with Gasteiger partial charge >= 0.3 is 0 Å². The molecule has 0 radical (unpaired) electrons. The number of methoxy groups -OCH3 is 1. The van der Waals surface area contributed by atoms with Crippen LogP contribution >= 0.6 is 0 Å². The van der Waals surface area contributed by atoms with Crippen molar-refractivity contribution >= 4 is 0 Å². The van der Waals surface area contributed by atoms with Gasteiger partial charge in [0.15, 0.2) is 17.5 Å². The predicted octanol–water partition coefficient (Wildman–Crippen LogP) is 3.84. The summed E-state index contributed by atoms with van der Waals surface area (Å²) in [5, 5.41) is 0. The van der Waals surface area contributed by atoms with E-state index in [4.69, 9.17) is 18.9 Å². The van der Waals surface area contributed by atoms with E-state index in [0.717, 1.165) is 53.8 Å². The molecule has 1 fully saturated rings. The highest BCUT2D eigenvalue weighted by molar-refractivity contribution is 5.62. The molecule has 0 aromatic heterocycles. The van der Waals surface area contributed by atoms with E-state index in [2.05, 4.69) is 52.8 Å². The molecule has 0 amide bonds. The van der Waals surface area contributed by atoms with Crippen molar-refractivity contribution in [2.24, 2.45) is 0 Å². The number of quaternary nitrogens is 1. The Labute approximate surface area is 168 Å². The second kappa shape index (κ2) is 6.57. The molecule has 0 N–H and O–H groups in total. The average molecular weight is 387 g/mol. The minimum Gasteiger partial charge on any atom is -0.492 e. The first-order chi connectivity index (χ1) is 13.1. The maximum atomic E-state index is 6.38. The van der Waals surface area contributed by atoms with Crippen molar-refractivity contribution < 1.29 is 23.4 Å². The van der Waals surface area contributed by atoms with E-state index in [1.807, 2.05) is 0 Å². The van der Waals surface area contributed by atoms with Crippen LogP contribution in [-0.2, 0) is 11.2 Å². The Bertz CT molecular complexity index is 848. The second-order valence-electron chi connectivity index (χ2n) is 9.59. The van der Waals surface area contributed by atoms with Crippen LogP contribution in [0.4, 0.5) is 0 Å². The number of ether oxygens (including phenoxy) is 4. The largest absolute Gasteiger partial charge is 0.492 e. The summed E-state index contributed by atoms with van der Waals surface area (Å²) in [5.41, 5.74) is 1.84. The van der Waals surface area contributed by atoms with E-state index < -0.39 is 5.60 Å². The van der Waals surface area contributed by atoms with Gasteiger partial charge < -0.3 is 23.4 Å². The molecule has 4 rings (SSSR count). The number of nitrogens with zero attached hydrogens (tertiary/aromatic N) is 1. The van der Waals surface area contributed by atoms with Crippen LogP contribution in [-0.4, -0.2) is 50.2 Å². The Morgan fingerprint density at radius 2 is 1.96 bits per heavy atom. The molecular formula is C23H32NO4+. The molecule has 3 aliphatic heterocycles. The normalized spacial score (nSPS) is 29.4. The molecule has 3 aliphatic rings. The molecule has 0 aliphatic carbocycles. The first kappa shape index (κ1) is 19.4. The number of benzene rings is 1. The van der Waals surface area contributed by atoms with Crippen LogP contribution < -0.4 is 14.2 Å². The molecule has 5 nitrogen and oxygen atoms in total. The van der Waals surface area contributed by atoms with Gasteiger partial charge in [0, 0.05) is 6.42 Å². The van der Waals surface area contributed by atoms with Gasteiger partial charge in [-0.1, -0.05) is 5.92 Å². The van der Waals surface area contributed by atoms with Gasteiger partial charge in [0.2, 0.25) is 12.5 Å². The summed E-state index contributed by atoms with van der Waals surface area (Å²) in [6.07, 6.45) is 4.15. The fourth-order valence-corrected chi connectivity index (χ4v) is 4.79. The highest BCUT2D eigenvalue weighted by atomic mass is 16.7. The molecule has 0 spiro atoms. The Balaban J connectivity index is 1.78. The third-order valence-corrected chi connectivity index (χ3v) is 6.29. The summed E-state index contributed by atoms with van der Waals surface area (Å²) >= 11 is 0. The van der Waals surface area contributed by atoms with Crippen LogP contribution in [0.1, 0.15) is 57.2 Å². The summed E-state index contributed by atoms with van der Waals surface area (Å²) in [5.74, 6) is 9.38. The third kappa shape index (κ3) is 3.33.